The standard InChI is InChI=1S/C12H12FN5/c1-7-6-8-10(17-12(14-2)16-8)11(9(7)13)18-5-3-4-15-18/h3-6H,1-2H3,(H2,14,16,17). The van der Waals surface area contributed by atoms with Gasteiger partial charge in [-0.25, -0.2) is 14.1 Å². The van der Waals surface area contributed by atoms with E-state index in [4.69, 9.17) is 0 Å². The number of rotatable bonds is 2. The van der Waals surface area contributed by atoms with E-state index in [0.717, 1.165) is 5.52 Å². The highest BCUT2D eigenvalue weighted by molar-refractivity contribution is 5.86. The number of nitrogens with one attached hydrogen (secondary N) is 2. The maximum Gasteiger partial charge on any atom is 0.200 e. The van der Waals surface area contributed by atoms with Gasteiger partial charge >= 0.3 is 0 Å². The van der Waals surface area contributed by atoms with Gasteiger partial charge in [0.1, 0.15) is 11.2 Å². The van der Waals surface area contributed by atoms with Crippen LogP contribution in [0.4, 0.5) is 10.3 Å². The Hall–Kier alpha value is -2.37. The maximum atomic E-state index is 14.3. The topological polar surface area (TPSA) is 58.5 Å². The van der Waals surface area contributed by atoms with Gasteiger partial charge in [0.05, 0.1) is 5.52 Å². The number of imidazole rings is 1. The van der Waals surface area contributed by atoms with Crippen molar-refractivity contribution in [3.8, 4) is 5.69 Å². The van der Waals surface area contributed by atoms with Crippen LogP contribution in [0.1, 0.15) is 5.56 Å². The van der Waals surface area contributed by atoms with Crippen LogP contribution in [-0.4, -0.2) is 26.8 Å². The molecule has 2 aromatic heterocycles. The number of anilines is 1. The van der Waals surface area contributed by atoms with Crippen LogP contribution in [0.5, 0.6) is 0 Å². The first-order valence-electron chi connectivity index (χ1n) is 5.57. The van der Waals surface area contributed by atoms with E-state index in [9.17, 15) is 4.39 Å². The van der Waals surface area contributed by atoms with Gasteiger partial charge < -0.3 is 10.3 Å². The monoisotopic (exact) mass is 245 g/mol. The van der Waals surface area contributed by atoms with Crippen molar-refractivity contribution in [1.29, 1.82) is 0 Å². The highest BCUT2D eigenvalue weighted by Gasteiger charge is 2.16. The summed E-state index contributed by atoms with van der Waals surface area (Å²) >= 11 is 0. The molecule has 0 bridgehead atoms. The zero-order chi connectivity index (χ0) is 12.7. The van der Waals surface area contributed by atoms with Gasteiger partial charge in [0.2, 0.25) is 5.95 Å². The molecule has 0 aliphatic rings. The summed E-state index contributed by atoms with van der Waals surface area (Å²) in [5, 5.41) is 6.99. The lowest BCUT2D eigenvalue weighted by Crippen LogP contribution is -2.01. The predicted molar refractivity (Wildman–Crippen MR) is 67.5 cm³/mol. The molecule has 18 heavy (non-hydrogen) atoms. The molecular formula is C12H12FN5. The summed E-state index contributed by atoms with van der Waals surface area (Å²) in [6.07, 6.45) is 3.31. The minimum absolute atomic E-state index is 0.305. The number of hydrogen-bond donors (Lipinski definition) is 2. The second-order valence-corrected chi connectivity index (χ2v) is 4.04. The summed E-state index contributed by atoms with van der Waals surface area (Å²) in [6, 6.07) is 3.49. The molecule has 0 unspecified atom stereocenters. The minimum Gasteiger partial charge on any atom is -0.359 e. The molecule has 1 aromatic carbocycles. The lowest BCUT2D eigenvalue weighted by molar-refractivity contribution is 0.604. The van der Waals surface area contributed by atoms with E-state index in [0.29, 0.717) is 22.7 Å². The van der Waals surface area contributed by atoms with Gasteiger partial charge in [0.15, 0.2) is 5.82 Å². The normalized spacial score (nSPS) is 11.1. The van der Waals surface area contributed by atoms with Gasteiger partial charge in [-0.15, -0.1) is 0 Å². The zero-order valence-corrected chi connectivity index (χ0v) is 10.0. The van der Waals surface area contributed by atoms with Crippen molar-refractivity contribution in [3.63, 3.8) is 0 Å². The molecule has 5 nitrogen and oxygen atoms in total. The smallest absolute Gasteiger partial charge is 0.200 e. The Labute approximate surface area is 103 Å². The Morgan fingerprint density at radius 2 is 2.28 bits per heavy atom. The molecule has 0 amide bonds. The zero-order valence-electron chi connectivity index (χ0n) is 10.0. The van der Waals surface area contributed by atoms with Gasteiger partial charge in [-0.1, -0.05) is 0 Å². The van der Waals surface area contributed by atoms with E-state index in [1.165, 1.54) is 4.68 Å². The third kappa shape index (κ3) is 1.46. The Bertz CT molecular complexity index is 699. The van der Waals surface area contributed by atoms with Crippen molar-refractivity contribution >= 4 is 17.0 Å². The Morgan fingerprint density at radius 3 is 2.94 bits per heavy atom. The van der Waals surface area contributed by atoms with Crippen LogP contribution in [-0.2, 0) is 0 Å². The van der Waals surface area contributed by atoms with Crippen LogP contribution in [0.25, 0.3) is 16.7 Å². The lowest BCUT2D eigenvalue weighted by Gasteiger charge is -2.06. The molecule has 0 aliphatic carbocycles. The molecule has 0 saturated carbocycles. The third-order valence-corrected chi connectivity index (χ3v) is 2.84. The first kappa shape index (κ1) is 10.8. The number of aromatic nitrogens is 4. The minimum atomic E-state index is -0.305. The molecule has 2 heterocycles. The highest BCUT2D eigenvalue weighted by atomic mass is 19.1. The lowest BCUT2D eigenvalue weighted by atomic mass is 10.1. The van der Waals surface area contributed by atoms with E-state index in [1.54, 1.807) is 38.5 Å². The van der Waals surface area contributed by atoms with E-state index >= 15 is 0 Å². The molecule has 92 valence electrons. The van der Waals surface area contributed by atoms with Crippen molar-refractivity contribution in [3.05, 3.63) is 35.9 Å². The molecule has 0 radical (unpaired) electrons. The van der Waals surface area contributed by atoms with Crippen molar-refractivity contribution in [1.82, 2.24) is 19.7 Å². The first-order chi connectivity index (χ1) is 8.70. The number of fused-ring (bicyclic) bond motifs is 1. The first-order valence-corrected chi connectivity index (χ1v) is 5.57. The number of aryl methyl sites for hydroxylation is 1. The molecular weight excluding hydrogens is 233 g/mol. The van der Waals surface area contributed by atoms with Gasteiger partial charge in [-0.05, 0) is 24.6 Å². The number of nitrogens with zero attached hydrogens (tertiary/aromatic N) is 3. The fourth-order valence-corrected chi connectivity index (χ4v) is 1.97. The van der Waals surface area contributed by atoms with E-state index in [-0.39, 0.29) is 5.82 Å². The number of aromatic amines is 1. The van der Waals surface area contributed by atoms with E-state index in [1.807, 2.05) is 0 Å². The third-order valence-electron chi connectivity index (χ3n) is 2.84. The molecule has 0 aliphatic heterocycles. The molecule has 3 aromatic rings. The van der Waals surface area contributed by atoms with Crippen LogP contribution in [0.2, 0.25) is 0 Å². The van der Waals surface area contributed by atoms with Crippen LogP contribution < -0.4 is 5.32 Å². The Kier molecular flexibility index (Phi) is 2.29. The van der Waals surface area contributed by atoms with Gasteiger partial charge in [0, 0.05) is 19.4 Å². The quantitative estimate of drug-likeness (QED) is 0.728. The molecule has 2 N–H and O–H groups in total. The van der Waals surface area contributed by atoms with Crippen molar-refractivity contribution in [2.75, 3.05) is 12.4 Å². The molecule has 6 heteroatoms. The van der Waals surface area contributed by atoms with Crippen LogP contribution in [0, 0.1) is 12.7 Å². The van der Waals surface area contributed by atoms with E-state index < -0.39 is 0 Å². The van der Waals surface area contributed by atoms with Crippen LogP contribution in [0.15, 0.2) is 24.5 Å². The van der Waals surface area contributed by atoms with E-state index in [2.05, 4.69) is 20.4 Å². The Balaban J connectivity index is 2.39. The van der Waals surface area contributed by atoms with Crippen molar-refractivity contribution in [2.45, 2.75) is 6.92 Å². The van der Waals surface area contributed by atoms with Gasteiger partial charge in [-0.2, -0.15) is 5.10 Å². The molecule has 0 saturated heterocycles. The summed E-state index contributed by atoms with van der Waals surface area (Å²) in [7, 11) is 1.76. The maximum absolute atomic E-state index is 14.3. The second kappa shape index (κ2) is 3.83. The van der Waals surface area contributed by atoms with Gasteiger partial charge in [-0.3, -0.25) is 0 Å². The SMILES string of the molecule is CNc1nc2c(-n3cccn3)c(F)c(C)cc2[nH]1. The number of H-pyrrole nitrogens is 1. The average Bonchev–Trinajstić information content (AvgIpc) is 2.99. The predicted octanol–water partition coefficient (Wildman–Crippen LogP) is 2.24. The van der Waals surface area contributed by atoms with Crippen LogP contribution >= 0.6 is 0 Å². The van der Waals surface area contributed by atoms with Crippen molar-refractivity contribution in [2.24, 2.45) is 0 Å². The summed E-state index contributed by atoms with van der Waals surface area (Å²) in [6.45, 7) is 1.72. The number of hydrogen-bond acceptors (Lipinski definition) is 3. The second-order valence-electron chi connectivity index (χ2n) is 4.04. The summed E-state index contributed by atoms with van der Waals surface area (Å²) in [5.74, 6) is 0.295. The van der Waals surface area contributed by atoms with Gasteiger partial charge in [0.25, 0.3) is 0 Å². The Morgan fingerprint density at radius 1 is 1.44 bits per heavy atom. The molecule has 0 spiro atoms. The molecule has 0 fully saturated rings. The van der Waals surface area contributed by atoms with Crippen molar-refractivity contribution < 1.29 is 4.39 Å². The number of halogens is 1. The highest BCUT2D eigenvalue weighted by Crippen LogP contribution is 2.27. The average molecular weight is 245 g/mol. The summed E-state index contributed by atoms with van der Waals surface area (Å²) < 4.78 is 15.8. The van der Waals surface area contributed by atoms with Crippen LogP contribution in [0.3, 0.4) is 0 Å². The fourth-order valence-electron chi connectivity index (χ4n) is 1.97. The number of benzene rings is 1. The molecule has 3 rings (SSSR count). The largest absolute Gasteiger partial charge is 0.359 e. The molecule has 0 atom stereocenters. The summed E-state index contributed by atoms with van der Waals surface area (Å²) in [5.41, 5.74) is 2.27. The summed E-state index contributed by atoms with van der Waals surface area (Å²) in [4.78, 5) is 7.41. The fraction of sp³-hybridized carbons (Fsp3) is 0.167.